The van der Waals surface area contributed by atoms with Crippen molar-refractivity contribution in [1.29, 1.82) is 0 Å². The molecule has 40 heavy (non-hydrogen) atoms. The summed E-state index contributed by atoms with van der Waals surface area (Å²) in [6, 6.07) is 6.18. The van der Waals surface area contributed by atoms with Crippen molar-refractivity contribution in [2.24, 2.45) is 5.73 Å². The van der Waals surface area contributed by atoms with Crippen LogP contribution < -0.4 is 30.0 Å². The maximum atomic E-state index is 13.2. The van der Waals surface area contributed by atoms with Gasteiger partial charge in [0.25, 0.3) is 11.8 Å². The third-order valence-corrected chi connectivity index (χ3v) is 5.92. The van der Waals surface area contributed by atoms with E-state index in [1.165, 1.54) is 52.7 Å². The number of phenols is 2. The lowest BCUT2D eigenvalue weighted by Gasteiger charge is -2.18. The summed E-state index contributed by atoms with van der Waals surface area (Å²) in [5.74, 6) is -0.626. The Kier molecular flexibility index (Phi) is 13.3. The molecule has 0 aliphatic heterocycles. The fourth-order valence-electron chi connectivity index (χ4n) is 3.75. The van der Waals surface area contributed by atoms with Crippen LogP contribution in [0.4, 0.5) is 0 Å². The molecular formula is C29H39N3O8. The van der Waals surface area contributed by atoms with Gasteiger partial charge in [0.05, 0.1) is 28.4 Å². The number of hydrogen-bond donors (Lipinski definition) is 4. The number of nitrogens with two attached hydrogens (primary N) is 1. The van der Waals surface area contributed by atoms with Crippen LogP contribution in [0.3, 0.4) is 0 Å². The maximum Gasteiger partial charge on any atom is 0.253 e. The number of carbonyl (C=O) groups is 2. The predicted molar refractivity (Wildman–Crippen MR) is 153 cm³/mol. The number of phenolic OH excluding ortho intramolecular Hbond substituents is 2. The van der Waals surface area contributed by atoms with Crippen LogP contribution in [-0.2, 0) is 9.59 Å². The molecule has 0 aliphatic carbocycles. The van der Waals surface area contributed by atoms with E-state index in [9.17, 15) is 19.8 Å². The Balaban J connectivity index is 2.24. The van der Waals surface area contributed by atoms with Gasteiger partial charge in [0.15, 0.2) is 23.0 Å². The highest BCUT2D eigenvalue weighted by molar-refractivity contribution is 6.07. The number of unbranched alkanes of at least 4 members (excludes halogenated alkanes) is 1. The fourth-order valence-corrected chi connectivity index (χ4v) is 3.75. The van der Waals surface area contributed by atoms with Gasteiger partial charge < -0.3 is 40.2 Å². The lowest BCUT2D eigenvalue weighted by molar-refractivity contribution is -0.138. The van der Waals surface area contributed by atoms with Crippen LogP contribution in [0.15, 0.2) is 36.4 Å². The van der Waals surface area contributed by atoms with Crippen molar-refractivity contribution in [1.82, 2.24) is 10.2 Å². The highest BCUT2D eigenvalue weighted by atomic mass is 16.5. The van der Waals surface area contributed by atoms with Crippen molar-refractivity contribution in [2.75, 3.05) is 54.6 Å². The van der Waals surface area contributed by atoms with E-state index in [0.717, 1.165) is 24.3 Å². The first-order valence-electron chi connectivity index (χ1n) is 12.8. The average Bonchev–Trinajstić information content (AvgIpc) is 2.97. The second kappa shape index (κ2) is 16.7. The number of rotatable bonds is 16. The van der Waals surface area contributed by atoms with E-state index >= 15 is 0 Å². The summed E-state index contributed by atoms with van der Waals surface area (Å²) in [7, 11) is 5.62. The minimum Gasteiger partial charge on any atom is -0.502 e. The standard InChI is InChI=1S/C29H39N3O8/c1-37-22-16-20(17-23(38-2)28(22)35)8-10-26(33)32(15-7-14-31-13-6-5-12-30)27(34)11-9-21-18-24(39-3)29(36)25(19-21)40-4/h8-11,16-19,31,35-36H,5-7,12-15,30H2,1-4H3. The van der Waals surface area contributed by atoms with Gasteiger partial charge in [-0.1, -0.05) is 0 Å². The van der Waals surface area contributed by atoms with Crippen LogP contribution in [-0.4, -0.2) is 81.5 Å². The molecule has 0 saturated heterocycles. The molecule has 2 aromatic rings. The average molecular weight is 558 g/mol. The Bertz CT molecular complexity index is 1060. The molecule has 218 valence electrons. The van der Waals surface area contributed by atoms with Crippen molar-refractivity contribution in [3.63, 3.8) is 0 Å². The van der Waals surface area contributed by atoms with Crippen molar-refractivity contribution >= 4 is 24.0 Å². The summed E-state index contributed by atoms with van der Waals surface area (Å²) in [6.45, 7) is 2.23. The summed E-state index contributed by atoms with van der Waals surface area (Å²) < 4.78 is 20.7. The second-order valence-electron chi connectivity index (χ2n) is 8.64. The normalized spacial score (nSPS) is 11.1. The number of carbonyl (C=O) groups excluding carboxylic acids is 2. The maximum absolute atomic E-state index is 13.2. The van der Waals surface area contributed by atoms with Crippen LogP contribution in [0.2, 0.25) is 0 Å². The number of benzene rings is 2. The Morgan fingerprint density at radius 2 is 1.15 bits per heavy atom. The highest BCUT2D eigenvalue weighted by Gasteiger charge is 2.18. The zero-order valence-corrected chi connectivity index (χ0v) is 23.4. The Morgan fingerprint density at radius 3 is 1.52 bits per heavy atom. The summed E-state index contributed by atoms with van der Waals surface area (Å²) in [4.78, 5) is 27.5. The van der Waals surface area contributed by atoms with Crippen molar-refractivity contribution in [3.05, 3.63) is 47.5 Å². The topological polar surface area (TPSA) is 153 Å². The van der Waals surface area contributed by atoms with E-state index in [2.05, 4.69) is 5.32 Å². The summed E-state index contributed by atoms with van der Waals surface area (Å²) in [5.41, 5.74) is 6.59. The number of nitrogens with zero attached hydrogens (tertiary/aromatic N) is 1. The second-order valence-corrected chi connectivity index (χ2v) is 8.64. The Hall–Kier alpha value is -4.22. The van der Waals surface area contributed by atoms with Crippen molar-refractivity contribution in [2.45, 2.75) is 19.3 Å². The molecule has 11 heteroatoms. The Labute approximate surface area is 234 Å². The molecule has 2 aromatic carbocycles. The molecule has 0 unspecified atom stereocenters. The third kappa shape index (κ3) is 9.21. The van der Waals surface area contributed by atoms with E-state index in [0.29, 0.717) is 30.6 Å². The summed E-state index contributed by atoms with van der Waals surface area (Å²) >= 11 is 0. The number of methoxy groups -OCH3 is 4. The first kappa shape index (κ1) is 32.0. The molecule has 0 radical (unpaired) electrons. The van der Waals surface area contributed by atoms with Gasteiger partial charge in [-0.3, -0.25) is 14.5 Å². The largest absolute Gasteiger partial charge is 0.502 e. The van der Waals surface area contributed by atoms with Crippen molar-refractivity contribution < 1.29 is 38.7 Å². The molecule has 0 atom stereocenters. The number of aromatic hydroxyl groups is 2. The van der Waals surface area contributed by atoms with Crippen LogP contribution in [0.1, 0.15) is 30.4 Å². The number of imide groups is 1. The van der Waals surface area contributed by atoms with E-state index in [-0.39, 0.29) is 41.0 Å². The summed E-state index contributed by atoms with van der Waals surface area (Å²) in [5, 5.41) is 23.5. The van der Waals surface area contributed by atoms with Gasteiger partial charge in [0.1, 0.15) is 0 Å². The third-order valence-electron chi connectivity index (χ3n) is 5.92. The van der Waals surface area contributed by atoms with Gasteiger partial charge in [-0.25, -0.2) is 0 Å². The predicted octanol–water partition coefficient (Wildman–Crippen LogP) is 2.93. The molecule has 2 amide bonds. The molecule has 2 rings (SSSR count). The lowest BCUT2D eigenvalue weighted by atomic mass is 10.1. The van der Waals surface area contributed by atoms with E-state index in [4.69, 9.17) is 24.7 Å². The molecular weight excluding hydrogens is 518 g/mol. The summed E-state index contributed by atoms with van der Waals surface area (Å²) in [6.07, 6.45) is 7.99. The Morgan fingerprint density at radius 1 is 0.750 bits per heavy atom. The van der Waals surface area contributed by atoms with Crippen LogP contribution in [0.5, 0.6) is 34.5 Å². The molecule has 0 saturated carbocycles. The monoisotopic (exact) mass is 557 g/mol. The minimum absolute atomic E-state index is 0.156. The molecule has 0 spiro atoms. The zero-order chi connectivity index (χ0) is 29.5. The van der Waals surface area contributed by atoms with Crippen LogP contribution >= 0.6 is 0 Å². The molecule has 0 aliphatic rings. The van der Waals surface area contributed by atoms with E-state index in [1.807, 2.05) is 0 Å². The molecule has 0 bridgehead atoms. The van der Waals surface area contributed by atoms with Gasteiger partial charge in [0, 0.05) is 18.7 Å². The molecule has 0 heterocycles. The smallest absolute Gasteiger partial charge is 0.253 e. The first-order chi connectivity index (χ1) is 19.3. The van der Waals surface area contributed by atoms with Gasteiger partial charge in [-0.05, 0) is 86.4 Å². The minimum atomic E-state index is -0.523. The fraction of sp³-hybridized carbons (Fsp3) is 0.379. The first-order valence-corrected chi connectivity index (χ1v) is 12.8. The lowest BCUT2D eigenvalue weighted by Crippen LogP contribution is -2.36. The van der Waals surface area contributed by atoms with Gasteiger partial charge in [-0.15, -0.1) is 0 Å². The van der Waals surface area contributed by atoms with E-state index in [1.54, 1.807) is 24.3 Å². The van der Waals surface area contributed by atoms with Gasteiger partial charge >= 0.3 is 0 Å². The van der Waals surface area contributed by atoms with Crippen LogP contribution in [0, 0.1) is 0 Å². The van der Waals surface area contributed by atoms with Crippen molar-refractivity contribution in [3.8, 4) is 34.5 Å². The SMILES string of the molecule is COc1cc(C=CC(=O)N(CCCNCCCCN)C(=O)C=Cc2cc(OC)c(O)c(OC)c2)cc(OC)c1O. The van der Waals surface area contributed by atoms with Gasteiger partial charge in [0.2, 0.25) is 11.5 Å². The number of amides is 2. The van der Waals surface area contributed by atoms with Crippen LogP contribution in [0.25, 0.3) is 12.2 Å². The quantitative estimate of drug-likeness (QED) is 0.179. The molecule has 0 aromatic heterocycles. The molecule has 0 fully saturated rings. The molecule has 5 N–H and O–H groups in total. The highest BCUT2D eigenvalue weighted by Crippen LogP contribution is 2.38. The number of hydrogen-bond acceptors (Lipinski definition) is 10. The number of ether oxygens (including phenoxy) is 4. The van der Waals surface area contributed by atoms with E-state index < -0.39 is 11.8 Å². The number of nitrogens with one attached hydrogen (secondary N) is 1. The zero-order valence-electron chi connectivity index (χ0n) is 23.4. The van der Waals surface area contributed by atoms with Gasteiger partial charge in [-0.2, -0.15) is 0 Å². The molecule has 11 nitrogen and oxygen atoms in total.